The van der Waals surface area contributed by atoms with E-state index in [1.54, 1.807) is 13.2 Å². The van der Waals surface area contributed by atoms with Crippen molar-refractivity contribution in [1.82, 2.24) is 14.9 Å². The second kappa shape index (κ2) is 8.37. The molecule has 3 atom stereocenters. The second-order valence-electron chi connectivity index (χ2n) is 9.07. The predicted molar refractivity (Wildman–Crippen MR) is 128 cm³/mol. The number of fused-ring (bicyclic) bond motifs is 2. The fourth-order valence-corrected chi connectivity index (χ4v) is 5.29. The third-order valence-corrected chi connectivity index (χ3v) is 7.67. The Hall–Kier alpha value is -2.39. The molecule has 0 amide bonds. The van der Waals surface area contributed by atoms with Gasteiger partial charge in [0.05, 0.1) is 35.0 Å². The fraction of sp³-hybridized carbons (Fsp3) is 0.417. The van der Waals surface area contributed by atoms with Gasteiger partial charge in [0.2, 0.25) is 0 Å². The Balaban J connectivity index is 1.27. The Morgan fingerprint density at radius 2 is 2.03 bits per heavy atom. The third kappa shape index (κ3) is 3.82. The molecule has 34 heavy (non-hydrogen) atoms. The first-order valence-corrected chi connectivity index (χ1v) is 12.0. The molecule has 7 nitrogen and oxygen atoms in total. The van der Waals surface area contributed by atoms with Gasteiger partial charge < -0.3 is 19.5 Å². The summed E-state index contributed by atoms with van der Waals surface area (Å²) in [4.78, 5) is 11.2. The van der Waals surface area contributed by atoms with Crippen molar-refractivity contribution >= 4 is 45.6 Å². The number of benzene rings is 2. The molecule has 3 fully saturated rings. The van der Waals surface area contributed by atoms with E-state index in [1.807, 2.05) is 6.07 Å². The largest absolute Gasteiger partial charge is 0.493 e. The number of halogens is 3. The van der Waals surface area contributed by atoms with Crippen molar-refractivity contribution in [3.05, 3.63) is 46.5 Å². The lowest BCUT2D eigenvalue weighted by Crippen LogP contribution is -2.49. The Bertz CT molecular complexity index is 1280. The standard InChI is InChI=1S/C24H23Cl2FN4O3/c1-32-20-5-14-18(28-12-29-23(14)30-19-7-16(26)15(25)6-17(19)27)8-21(20)34-22-9-24(22)11-31-4-2-3-13(31)10-33-24/h5-8,12-13,22H,2-4,9-11H2,1H3,(H,28,29,30)/t13-,22?,24?/m0/s1. The molecule has 2 unspecified atom stereocenters. The molecule has 10 heteroatoms. The lowest BCUT2D eigenvalue weighted by Gasteiger charge is -2.36. The van der Waals surface area contributed by atoms with Crippen molar-refractivity contribution in [2.24, 2.45) is 0 Å². The van der Waals surface area contributed by atoms with E-state index < -0.39 is 5.82 Å². The number of hydrogen-bond acceptors (Lipinski definition) is 7. The molecule has 2 aromatic carbocycles. The summed E-state index contributed by atoms with van der Waals surface area (Å²) in [5.41, 5.74) is 0.542. The van der Waals surface area contributed by atoms with Crippen LogP contribution in [-0.2, 0) is 4.74 Å². The maximum absolute atomic E-state index is 14.4. The molecule has 1 saturated carbocycles. The van der Waals surface area contributed by atoms with E-state index in [4.69, 9.17) is 37.4 Å². The highest BCUT2D eigenvalue weighted by Crippen LogP contribution is 2.49. The summed E-state index contributed by atoms with van der Waals surface area (Å²) in [6.45, 7) is 2.81. The van der Waals surface area contributed by atoms with Crippen LogP contribution in [0.25, 0.3) is 10.9 Å². The Kier molecular flexibility index (Phi) is 5.44. The molecule has 178 valence electrons. The van der Waals surface area contributed by atoms with Crippen LogP contribution in [0.5, 0.6) is 11.5 Å². The van der Waals surface area contributed by atoms with E-state index in [0.29, 0.717) is 34.3 Å². The van der Waals surface area contributed by atoms with Gasteiger partial charge in [0.25, 0.3) is 0 Å². The number of nitrogens with one attached hydrogen (secondary N) is 1. The summed E-state index contributed by atoms with van der Waals surface area (Å²) in [6, 6.07) is 6.73. The van der Waals surface area contributed by atoms with Crippen LogP contribution in [0.2, 0.25) is 10.0 Å². The average Bonchev–Trinajstić information content (AvgIpc) is 3.24. The molecule has 2 saturated heterocycles. The molecule has 1 spiro atoms. The van der Waals surface area contributed by atoms with Crippen LogP contribution in [-0.4, -0.2) is 59.4 Å². The zero-order valence-electron chi connectivity index (χ0n) is 18.5. The summed E-state index contributed by atoms with van der Waals surface area (Å²) in [6.07, 6.45) is 4.67. The highest BCUT2D eigenvalue weighted by Gasteiger charge is 2.62. The quantitative estimate of drug-likeness (QED) is 0.478. The van der Waals surface area contributed by atoms with Gasteiger partial charge in [-0.05, 0) is 37.6 Å². The van der Waals surface area contributed by atoms with Gasteiger partial charge in [-0.2, -0.15) is 0 Å². The van der Waals surface area contributed by atoms with Crippen molar-refractivity contribution in [1.29, 1.82) is 0 Å². The van der Waals surface area contributed by atoms with Crippen molar-refractivity contribution in [2.75, 3.05) is 32.1 Å². The number of rotatable bonds is 5. The molecule has 0 radical (unpaired) electrons. The molecule has 1 aliphatic carbocycles. The molecule has 3 aromatic rings. The zero-order chi connectivity index (χ0) is 23.4. The average molecular weight is 505 g/mol. The summed E-state index contributed by atoms with van der Waals surface area (Å²) in [5.74, 6) is 0.997. The van der Waals surface area contributed by atoms with Gasteiger partial charge in [0.1, 0.15) is 29.7 Å². The second-order valence-corrected chi connectivity index (χ2v) is 9.88. The lowest BCUT2D eigenvalue weighted by atomic mass is 10.1. The van der Waals surface area contributed by atoms with E-state index in [-0.39, 0.29) is 27.4 Å². The lowest BCUT2D eigenvalue weighted by molar-refractivity contribution is -0.0814. The minimum atomic E-state index is -0.542. The Morgan fingerprint density at radius 1 is 1.18 bits per heavy atom. The van der Waals surface area contributed by atoms with E-state index in [2.05, 4.69) is 20.2 Å². The topological polar surface area (TPSA) is 68.7 Å². The van der Waals surface area contributed by atoms with Gasteiger partial charge in [-0.3, -0.25) is 4.90 Å². The SMILES string of the molecule is COc1cc2c(Nc3cc(Cl)c(Cl)cc3F)ncnc2cc1OC1CC12CN1CCC[C@H]1CO2. The summed E-state index contributed by atoms with van der Waals surface area (Å²) in [5, 5.41) is 4.01. The fourth-order valence-electron chi connectivity index (χ4n) is 4.98. The van der Waals surface area contributed by atoms with E-state index in [0.717, 1.165) is 32.2 Å². The van der Waals surface area contributed by atoms with Crippen LogP contribution in [0, 0.1) is 5.82 Å². The minimum Gasteiger partial charge on any atom is -0.493 e. The highest BCUT2D eigenvalue weighted by atomic mass is 35.5. The third-order valence-electron chi connectivity index (χ3n) is 6.94. The number of morpholine rings is 1. The van der Waals surface area contributed by atoms with Gasteiger partial charge in [0.15, 0.2) is 11.5 Å². The number of hydrogen-bond donors (Lipinski definition) is 1. The molecular formula is C24H23Cl2FN4O3. The zero-order valence-corrected chi connectivity index (χ0v) is 20.0. The molecule has 1 N–H and O–H groups in total. The van der Waals surface area contributed by atoms with Gasteiger partial charge >= 0.3 is 0 Å². The summed E-state index contributed by atoms with van der Waals surface area (Å²) in [7, 11) is 1.58. The number of methoxy groups -OCH3 is 1. The molecule has 6 rings (SSSR count). The molecule has 0 bridgehead atoms. The van der Waals surface area contributed by atoms with Crippen LogP contribution in [0.3, 0.4) is 0 Å². The maximum atomic E-state index is 14.4. The van der Waals surface area contributed by atoms with Crippen LogP contribution < -0.4 is 14.8 Å². The van der Waals surface area contributed by atoms with Crippen molar-refractivity contribution < 1.29 is 18.6 Å². The summed E-state index contributed by atoms with van der Waals surface area (Å²) >= 11 is 12.0. The Morgan fingerprint density at radius 3 is 2.88 bits per heavy atom. The molecular weight excluding hydrogens is 482 g/mol. The van der Waals surface area contributed by atoms with Crippen LogP contribution in [0.15, 0.2) is 30.6 Å². The highest BCUT2D eigenvalue weighted by molar-refractivity contribution is 6.42. The van der Waals surface area contributed by atoms with Gasteiger partial charge in [-0.25, -0.2) is 14.4 Å². The molecule has 3 aliphatic rings. The number of aromatic nitrogens is 2. The smallest absolute Gasteiger partial charge is 0.163 e. The molecule has 1 aromatic heterocycles. The molecule has 2 aliphatic heterocycles. The number of anilines is 2. The van der Waals surface area contributed by atoms with E-state index in [1.165, 1.54) is 25.2 Å². The normalized spacial score (nSPS) is 26.0. The first kappa shape index (κ1) is 22.1. The van der Waals surface area contributed by atoms with Crippen molar-refractivity contribution in [2.45, 2.75) is 37.0 Å². The molecule has 3 heterocycles. The first-order chi connectivity index (χ1) is 16.5. The minimum absolute atomic E-state index is 0.0369. The predicted octanol–water partition coefficient (Wildman–Crippen LogP) is 5.21. The van der Waals surface area contributed by atoms with Crippen LogP contribution in [0.4, 0.5) is 15.9 Å². The van der Waals surface area contributed by atoms with Gasteiger partial charge in [-0.1, -0.05) is 23.2 Å². The Labute approximate surface area is 206 Å². The number of nitrogens with zero attached hydrogens (tertiary/aromatic N) is 3. The van der Waals surface area contributed by atoms with E-state index >= 15 is 0 Å². The maximum Gasteiger partial charge on any atom is 0.163 e. The summed E-state index contributed by atoms with van der Waals surface area (Å²) < 4.78 is 32.6. The monoisotopic (exact) mass is 504 g/mol. The number of ether oxygens (including phenoxy) is 3. The van der Waals surface area contributed by atoms with Gasteiger partial charge in [-0.15, -0.1) is 0 Å². The van der Waals surface area contributed by atoms with E-state index in [9.17, 15) is 4.39 Å². The van der Waals surface area contributed by atoms with Crippen molar-refractivity contribution in [3.8, 4) is 11.5 Å². The van der Waals surface area contributed by atoms with Crippen LogP contribution >= 0.6 is 23.2 Å². The van der Waals surface area contributed by atoms with Gasteiger partial charge in [0, 0.05) is 30.5 Å². The first-order valence-electron chi connectivity index (χ1n) is 11.2. The van der Waals surface area contributed by atoms with Crippen molar-refractivity contribution in [3.63, 3.8) is 0 Å². The van der Waals surface area contributed by atoms with Crippen LogP contribution in [0.1, 0.15) is 19.3 Å².